The van der Waals surface area contributed by atoms with Crippen LogP contribution in [0.2, 0.25) is 0 Å². The Bertz CT molecular complexity index is 1100. The Morgan fingerprint density at radius 3 is 2.00 bits per heavy atom. The standard InChI is InChI=1S/C22H18F4N2O3/c23-14-3-1-12(5-16(14)25)18(29)28-21-7-20(8-21,9-21)22(10-31-11-22)19(30)27-13-2-4-15(24)17(26)6-13/h1-6H,7-11H2,(H,27,30)(H,28,29). The van der Waals surface area contributed by atoms with Gasteiger partial charge < -0.3 is 15.4 Å². The van der Waals surface area contributed by atoms with Gasteiger partial charge in [0.15, 0.2) is 23.3 Å². The Labute approximate surface area is 174 Å². The van der Waals surface area contributed by atoms with Crippen molar-refractivity contribution in [3.8, 4) is 0 Å². The van der Waals surface area contributed by atoms with Crippen molar-refractivity contribution in [1.29, 1.82) is 0 Å². The molecular weight excluding hydrogens is 416 g/mol. The number of ether oxygens (including phenoxy) is 1. The third kappa shape index (κ3) is 2.86. The molecule has 2 N–H and O–H groups in total. The SMILES string of the molecule is O=C(NC12CC(C3(C(=O)Nc4ccc(F)c(F)c4)COC3)(C1)C2)c1ccc(F)c(F)c1. The Morgan fingerprint density at radius 2 is 1.45 bits per heavy atom. The molecule has 3 saturated carbocycles. The second-order valence-corrected chi connectivity index (χ2v) is 8.83. The molecule has 0 atom stereocenters. The van der Waals surface area contributed by atoms with Crippen molar-refractivity contribution in [3.05, 3.63) is 65.2 Å². The summed E-state index contributed by atoms with van der Waals surface area (Å²) in [5.41, 5.74) is -1.49. The average molecular weight is 434 g/mol. The lowest BCUT2D eigenvalue weighted by molar-refractivity contribution is -0.286. The monoisotopic (exact) mass is 434 g/mol. The summed E-state index contributed by atoms with van der Waals surface area (Å²) < 4.78 is 58.4. The van der Waals surface area contributed by atoms with Crippen molar-refractivity contribution in [2.24, 2.45) is 10.8 Å². The molecule has 4 aliphatic rings. The number of benzene rings is 2. The zero-order valence-corrected chi connectivity index (χ0v) is 16.2. The highest BCUT2D eigenvalue weighted by Crippen LogP contribution is 2.75. The second kappa shape index (κ2) is 6.53. The van der Waals surface area contributed by atoms with E-state index in [0.717, 1.165) is 24.3 Å². The molecule has 2 bridgehead atoms. The lowest BCUT2D eigenvalue weighted by atomic mass is 9.31. The molecule has 5 nitrogen and oxygen atoms in total. The van der Waals surface area contributed by atoms with Gasteiger partial charge in [-0.05, 0) is 55.0 Å². The van der Waals surface area contributed by atoms with Gasteiger partial charge in [-0.2, -0.15) is 0 Å². The molecule has 1 heterocycles. The molecule has 0 unspecified atom stereocenters. The Hall–Kier alpha value is -2.94. The highest BCUT2D eigenvalue weighted by molar-refractivity contribution is 5.98. The summed E-state index contributed by atoms with van der Waals surface area (Å²) in [6, 6.07) is 6.12. The van der Waals surface area contributed by atoms with Crippen LogP contribution in [-0.4, -0.2) is 30.6 Å². The summed E-state index contributed by atoms with van der Waals surface area (Å²) in [4.78, 5) is 25.5. The van der Waals surface area contributed by atoms with Gasteiger partial charge >= 0.3 is 0 Å². The second-order valence-electron chi connectivity index (χ2n) is 8.83. The molecule has 0 radical (unpaired) electrons. The van der Waals surface area contributed by atoms with E-state index >= 15 is 0 Å². The maximum absolute atomic E-state index is 13.5. The molecule has 3 aliphatic carbocycles. The fourth-order valence-corrected chi connectivity index (χ4v) is 5.19. The van der Waals surface area contributed by atoms with Crippen molar-refractivity contribution in [2.45, 2.75) is 24.8 Å². The van der Waals surface area contributed by atoms with Crippen LogP contribution in [0, 0.1) is 34.1 Å². The predicted octanol–water partition coefficient (Wildman–Crippen LogP) is 3.55. The number of anilines is 1. The van der Waals surface area contributed by atoms with Crippen LogP contribution in [0.1, 0.15) is 29.6 Å². The summed E-state index contributed by atoms with van der Waals surface area (Å²) >= 11 is 0. The van der Waals surface area contributed by atoms with Crippen molar-refractivity contribution in [2.75, 3.05) is 18.5 Å². The smallest absolute Gasteiger partial charge is 0.251 e. The summed E-state index contributed by atoms with van der Waals surface area (Å²) in [5.74, 6) is -5.01. The van der Waals surface area contributed by atoms with Gasteiger partial charge in [0.05, 0.1) is 13.2 Å². The minimum absolute atomic E-state index is 0.0236. The molecule has 1 aliphatic heterocycles. The Morgan fingerprint density at radius 1 is 0.839 bits per heavy atom. The van der Waals surface area contributed by atoms with E-state index < -0.39 is 40.1 Å². The lowest BCUT2D eigenvalue weighted by Crippen LogP contribution is -2.83. The fraction of sp³-hybridized carbons (Fsp3) is 0.364. The van der Waals surface area contributed by atoms with Crippen LogP contribution in [0.4, 0.5) is 23.2 Å². The molecule has 6 rings (SSSR count). The third-order valence-corrected chi connectivity index (χ3v) is 6.92. The number of hydrogen-bond acceptors (Lipinski definition) is 3. The molecule has 0 aromatic heterocycles. The predicted molar refractivity (Wildman–Crippen MR) is 101 cm³/mol. The zero-order valence-electron chi connectivity index (χ0n) is 16.2. The first-order valence-electron chi connectivity index (χ1n) is 9.80. The molecule has 4 fully saturated rings. The van der Waals surface area contributed by atoms with Crippen molar-refractivity contribution < 1.29 is 31.9 Å². The minimum atomic E-state index is -1.10. The van der Waals surface area contributed by atoms with E-state index in [-0.39, 0.29) is 35.8 Å². The average Bonchev–Trinajstić information content (AvgIpc) is 2.62. The van der Waals surface area contributed by atoms with Crippen LogP contribution in [0.5, 0.6) is 0 Å². The van der Waals surface area contributed by atoms with E-state index in [4.69, 9.17) is 4.74 Å². The van der Waals surface area contributed by atoms with Gasteiger partial charge in [-0.15, -0.1) is 0 Å². The van der Waals surface area contributed by atoms with Crippen LogP contribution in [0.25, 0.3) is 0 Å². The highest BCUT2D eigenvalue weighted by atomic mass is 19.2. The van der Waals surface area contributed by atoms with Gasteiger partial charge in [-0.1, -0.05) is 0 Å². The van der Waals surface area contributed by atoms with Crippen molar-refractivity contribution >= 4 is 17.5 Å². The maximum Gasteiger partial charge on any atom is 0.251 e. The van der Waals surface area contributed by atoms with Gasteiger partial charge in [0, 0.05) is 22.9 Å². The van der Waals surface area contributed by atoms with Crippen LogP contribution < -0.4 is 10.6 Å². The molecule has 1 saturated heterocycles. The third-order valence-electron chi connectivity index (χ3n) is 6.92. The van der Waals surface area contributed by atoms with E-state index in [1.165, 1.54) is 12.1 Å². The largest absolute Gasteiger partial charge is 0.379 e. The topological polar surface area (TPSA) is 67.4 Å². The van der Waals surface area contributed by atoms with Crippen LogP contribution >= 0.6 is 0 Å². The van der Waals surface area contributed by atoms with Gasteiger partial charge in [0.1, 0.15) is 5.41 Å². The first-order chi connectivity index (χ1) is 14.7. The molecule has 9 heteroatoms. The lowest BCUT2D eigenvalue weighted by Gasteiger charge is -2.77. The van der Waals surface area contributed by atoms with E-state index in [1.807, 2.05) is 0 Å². The fourth-order valence-electron chi connectivity index (χ4n) is 5.19. The van der Waals surface area contributed by atoms with E-state index in [2.05, 4.69) is 10.6 Å². The van der Waals surface area contributed by atoms with Gasteiger partial charge in [0.25, 0.3) is 5.91 Å². The molecule has 162 valence electrons. The van der Waals surface area contributed by atoms with Gasteiger partial charge in [0.2, 0.25) is 5.91 Å². The van der Waals surface area contributed by atoms with Crippen molar-refractivity contribution in [1.82, 2.24) is 5.32 Å². The van der Waals surface area contributed by atoms with Crippen LogP contribution in [-0.2, 0) is 9.53 Å². The molecule has 0 spiro atoms. The maximum atomic E-state index is 13.5. The molecule has 2 aromatic carbocycles. The number of hydrogen-bond donors (Lipinski definition) is 2. The molecular formula is C22H18F4N2O3. The number of nitrogens with one attached hydrogen (secondary N) is 2. The first kappa shape index (κ1) is 20.0. The van der Waals surface area contributed by atoms with Crippen LogP contribution in [0.3, 0.4) is 0 Å². The van der Waals surface area contributed by atoms with E-state index in [9.17, 15) is 27.2 Å². The summed E-state index contributed by atoms with van der Waals surface area (Å²) in [7, 11) is 0. The molecule has 31 heavy (non-hydrogen) atoms. The van der Waals surface area contributed by atoms with Gasteiger partial charge in [-0.3, -0.25) is 9.59 Å². The zero-order chi connectivity index (χ0) is 22.0. The van der Waals surface area contributed by atoms with E-state index in [0.29, 0.717) is 19.3 Å². The Kier molecular flexibility index (Phi) is 4.21. The summed E-state index contributed by atoms with van der Waals surface area (Å²) in [6.45, 7) is 0.408. The molecule has 2 aromatic rings. The quantitative estimate of drug-likeness (QED) is 0.708. The number of carbonyl (C=O) groups is 2. The normalized spacial score (nSPS) is 27.4. The number of halogens is 4. The number of amides is 2. The minimum Gasteiger partial charge on any atom is -0.379 e. The van der Waals surface area contributed by atoms with Crippen LogP contribution in [0.15, 0.2) is 36.4 Å². The molecule has 2 amide bonds. The number of rotatable bonds is 5. The van der Waals surface area contributed by atoms with E-state index in [1.54, 1.807) is 0 Å². The highest BCUT2D eigenvalue weighted by Gasteiger charge is 2.79. The Balaban J connectivity index is 1.26. The summed E-state index contributed by atoms with van der Waals surface area (Å²) in [5, 5.41) is 5.53. The number of carbonyl (C=O) groups excluding carboxylic acids is 2. The van der Waals surface area contributed by atoms with Gasteiger partial charge in [-0.25, -0.2) is 17.6 Å². The first-order valence-corrected chi connectivity index (χ1v) is 9.80. The summed E-state index contributed by atoms with van der Waals surface area (Å²) in [6.07, 6.45) is 1.64. The van der Waals surface area contributed by atoms with Crippen molar-refractivity contribution in [3.63, 3.8) is 0 Å².